The molecule has 158 valence electrons. The van der Waals surface area contributed by atoms with E-state index in [1.54, 1.807) is 24.3 Å². The van der Waals surface area contributed by atoms with Gasteiger partial charge in [0.25, 0.3) is 5.91 Å². The fourth-order valence-electron chi connectivity index (χ4n) is 3.69. The zero-order valence-corrected chi connectivity index (χ0v) is 18.8. The average Bonchev–Trinajstić information content (AvgIpc) is 3.32. The van der Waals surface area contributed by atoms with E-state index in [-0.39, 0.29) is 17.7 Å². The SMILES string of the molecule is Cc1cc(/C=C(\C#N)C(=O)NC(C)c2ccc(Cl)c(Cl)c2)c(C)n1CC1CCCO1. The van der Waals surface area contributed by atoms with Crippen molar-refractivity contribution in [1.82, 2.24) is 9.88 Å². The molecule has 5 nitrogen and oxygen atoms in total. The summed E-state index contributed by atoms with van der Waals surface area (Å²) >= 11 is 12.0. The second-order valence-corrected chi connectivity index (χ2v) is 8.43. The Kier molecular flexibility index (Phi) is 7.25. The maximum Gasteiger partial charge on any atom is 0.262 e. The van der Waals surface area contributed by atoms with E-state index < -0.39 is 5.91 Å². The fourth-order valence-corrected chi connectivity index (χ4v) is 4.00. The first kappa shape index (κ1) is 22.4. The van der Waals surface area contributed by atoms with E-state index in [4.69, 9.17) is 27.9 Å². The molecule has 1 fully saturated rings. The largest absolute Gasteiger partial charge is 0.376 e. The number of amides is 1. The van der Waals surface area contributed by atoms with Crippen molar-refractivity contribution in [3.63, 3.8) is 0 Å². The molecule has 2 aromatic rings. The first-order valence-corrected chi connectivity index (χ1v) is 10.7. The van der Waals surface area contributed by atoms with Crippen LogP contribution in [0.25, 0.3) is 6.08 Å². The van der Waals surface area contributed by atoms with Gasteiger partial charge in [-0.1, -0.05) is 29.3 Å². The lowest BCUT2D eigenvalue weighted by Crippen LogP contribution is -2.27. The molecule has 1 aromatic heterocycles. The summed E-state index contributed by atoms with van der Waals surface area (Å²) in [4.78, 5) is 12.7. The third-order valence-electron chi connectivity index (χ3n) is 5.48. The number of rotatable bonds is 6. The zero-order valence-electron chi connectivity index (χ0n) is 17.3. The lowest BCUT2D eigenvalue weighted by molar-refractivity contribution is -0.117. The predicted octanol–water partition coefficient (Wildman–Crippen LogP) is 5.38. The topological polar surface area (TPSA) is 67.0 Å². The van der Waals surface area contributed by atoms with Gasteiger partial charge in [-0.15, -0.1) is 0 Å². The Bertz CT molecular complexity index is 1010. The summed E-state index contributed by atoms with van der Waals surface area (Å²) in [5, 5.41) is 13.3. The van der Waals surface area contributed by atoms with Crippen molar-refractivity contribution in [3.8, 4) is 6.07 Å². The van der Waals surface area contributed by atoms with Gasteiger partial charge in [-0.3, -0.25) is 4.79 Å². The number of benzene rings is 1. The van der Waals surface area contributed by atoms with Crippen LogP contribution in [0.3, 0.4) is 0 Å². The van der Waals surface area contributed by atoms with Crippen LogP contribution >= 0.6 is 23.2 Å². The van der Waals surface area contributed by atoms with Crippen LogP contribution in [0.2, 0.25) is 10.0 Å². The molecule has 1 N–H and O–H groups in total. The summed E-state index contributed by atoms with van der Waals surface area (Å²) < 4.78 is 7.94. The highest BCUT2D eigenvalue weighted by atomic mass is 35.5. The lowest BCUT2D eigenvalue weighted by atomic mass is 10.1. The van der Waals surface area contributed by atoms with Gasteiger partial charge in [0, 0.05) is 24.5 Å². The number of aromatic nitrogens is 1. The summed E-state index contributed by atoms with van der Waals surface area (Å²) in [5.74, 6) is -0.431. The number of carbonyl (C=O) groups is 1. The molecule has 0 radical (unpaired) electrons. The molecular weight excluding hydrogens is 421 g/mol. The normalized spacial score (nSPS) is 17.6. The smallest absolute Gasteiger partial charge is 0.262 e. The van der Waals surface area contributed by atoms with Crippen LogP contribution in [0.1, 0.15) is 48.3 Å². The highest BCUT2D eigenvalue weighted by molar-refractivity contribution is 6.42. The van der Waals surface area contributed by atoms with Crippen molar-refractivity contribution in [3.05, 3.63) is 62.4 Å². The summed E-state index contributed by atoms with van der Waals surface area (Å²) in [6, 6.07) is 8.90. The Morgan fingerprint density at radius 2 is 2.13 bits per heavy atom. The molecule has 0 bridgehead atoms. The molecule has 0 aliphatic carbocycles. The summed E-state index contributed by atoms with van der Waals surface area (Å²) in [7, 11) is 0. The zero-order chi connectivity index (χ0) is 21.8. The minimum absolute atomic E-state index is 0.0549. The van der Waals surface area contributed by atoms with Crippen LogP contribution in [0.4, 0.5) is 0 Å². The van der Waals surface area contributed by atoms with Crippen LogP contribution in [-0.2, 0) is 16.1 Å². The minimum atomic E-state index is -0.431. The van der Waals surface area contributed by atoms with Crippen molar-refractivity contribution in [2.24, 2.45) is 0 Å². The van der Waals surface area contributed by atoms with Gasteiger partial charge in [0.2, 0.25) is 0 Å². The van der Waals surface area contributed by atoms with Gasteiger partial charge in [0.15, 0.2) is 0 Å². The van der Waals surface area contributed by atoms with E-state index in [0.717, 1.165) is 48.5 Å². The van der Waals surface area contributed by atoms with E-state index >= 15 is 0 Å². The fraction of sp³-hybridized carbons (Fsp3) is 0.391. The van der Waals surface area contributed by atoms with Crippen molar-refractivity contribution in [1.29, 1.82) is 5.26 Å². The summed E-state index contributed by atoms with van der Waals surface area (Å²) in [6.07, 6.45) is 4.01. The van der Waals surface area contributed by atoms with E-state index in [1.807, 2.05) is 32.9 Å². The average molecular weight is 446 g/mol. The lowest BCUT2D eigenvalue weighted by Gasteiger charge is -2.15. The molecule has 2 heterocycles. The number of hydrogen-bond acceptors (Lipinski definition) is 3. The van der Waals surface area contributed by atoms with Gasteiger partial charge < -0.3 is 14.6 Å². The minimum Gasteiger partial charge on any atom is -0.376 e. The Morgan fingerprint density at radius 1 is 1.37 bits per heavy atom. The number of nitrogens with zero attached hydrogens (tertiary/aromatic N) is 2. The molecule has 1 amide bonds. The Hall–Kier alpha value is -2.26. The number of nitrogens with one attached hydrogen (secondary N) is 1. The number of ether oxygens (including phenoxy) is 1. The Labute approximate surface area is 187 Å². The second-order valence-electron chi connectivity index (χ2n) is 7.61. The third-order valence-corrected chi connectivity index (χ3v) is 6.22. The molecule has 1 aliphatic heterocycles. The maximum absolute atomic E-state index is 12.7. The van der Waals surface area contributed by atoms with Gasteiger partial charge in [0.1, 0.15) is 11.6 Å². The Morgan fingerprint density at radius 3 is 2.77 bits per heavy atom. The molecule has 2 atom stereocenters. The molecule has 1 aromatic carbocycles. The van der Waals surface area contributed by atoms with E-state index in [9.17, 15) is 10.1 Å². The predicted molar refractivity (Wildman–Crippen MR) is 119 cm³/mol. The number of hydrogen-bond donors (Lipinski definition) is 1. The van der Waals surface area contributed by atoms with Gasteiger partial charge in [-0.25, -0.2) is 0 Å². The van der Waals surface area contributed by atoms with E-state index in [0.29, 0.717) is 10.0 Å². The van der Waals surface area contributed by atoms with Crippen molar-refractivity contribution in [2.75, 3.05) is 6.61 Å². The van der Waals surface area contributed by atoms with Gasteiger partial charge in [0.05, 0.1) is 22.2 Å². The van der Waals surface area contributed by atoms with Crippen LogP contribution < -0.4 is 5.32 Å². The van der Waals surface area contributed by atoms with E-state index in [1.165, 1.54) is 0 Å². The van der Waals surface area contributed by atoms with Crippen LogP contribution in [0.5, 0.6) is 0 Å². The van der Waals surface area contributed by atoms with Crippen LogP contribution in [-0.4, -0.2) is 23.2 Å². The van der Waals surface area contributed by atoms with Gasteiger partial charge in [-0.2, -0.15) is 5.26 Å². The molecule has 0 spiro atoms. The number of nitriles is 1. The molecule has 1 aliphatic rings. The van der Waals surface area contributed by atoms with Gasteiger partial charge >= 0.3 is 0 Å². The van der Waals surface area contributed by atoms with E-state index in [2.05, 4.69) is 9.88 Å². The summed E-state index contributed by atoms with van der Waals surface area (Å²) in [5.41, 5.74) is 3.82. The first-order valence-electron chi connectivity index (χ1n) is 9.96. The molecule has 1 saturated heterocycles. The van der Waals surface area contributed by atoms with Gasteiger partial charge in [-0.05, 0) is 69.0 Å². The Balaban J connectivity index is 1.77. The highest BCUT2D eigenvalue weighted by Gasteiger charge is 2.20. The maximum atomic E-state index is 12.7. The number of carbonyl (C=O) groups excluding carboxylic acids is 1. The molecule has 2 unspecified atom stereocenters. The van der Waals surface area contributed by atoms with Crippen LogP contribution in [0.15, 0.2) is 29.8 Å². The number of aryl methyl sites for hydroxylation is 1. The standard InChI is InChI=1S/C23H25Cl2N3O2/c1-14-9-18(16(3)28(14)13-20-5-4-8-30-20)10-19(12-26)23(29)27-15(2)17-6-7-21(24)22(25)11-17/h6-7,9-11,15,20H,4-5,8,13H2,1-3H3,(H,27,29)/b19-10+. The van der Waals surface area contributed by atoms with Crippen molar-refractivity contribution in [2.45, 2.75) is 52.3 Å². The highest BCUT2D eigenvalue weighted by Crippen LogP contribution is 2.26. The molecule has 7 heteroatoms. The first-order chi connectivity index (χ1) is 14.3. The number of halogens is 2. The molecular formula is C23H25Cl2N3O2. The van der Waals surface area contributed by atoms with Crippen molar-refractivity contribution >= 4 is 35.2 Å². The molecule has 3 rings (SSSR count). The quantitative estimate of drug-likeness (QED) is 0.479. The third kappa shape index (κ3) is 5.07. The summed E-state index contributed by atoms with van der Waals surface area (Å²) in [6.45, 7) is 7.46. The second kappa shape index (κ2) is 9.70. The monoisotopic (exact) mass is 445 g/mol. The van der Waals surface area contributed by atoms with Crippen molar-refractivity contribution < 1.29 is 9.53 Å². The molecule has 0 saturated carbocycles. The molecule has 30 heavy (non-hydrogen) atoms. The van der Waals surface area contributed by atoms with Crippen LogP contribution in [0, 0.1) is 25.2 Å².